The number of carbonyl (C=O) groups is 1. The summed E-state index contributed by atoms with van der Waals surface area (Å²) in [5, 5.41) is 2.99. The molecule has 3 aromatic carbocycles. The van der Waals surface area contributed by atoms with E-state index in [1.54, 1.807) is 7.11 Å². The Balaban J connectivity index is 1.59. The second-order valence-electron chi connectivity index (χ2n) is 9.94. The van der Waals surface area contributed by atoms with E-state index in [-0.39, 0.29) is 12.3 Å². The quantitative estimate of drug-likeness (QED) is 0.253. The maximum absolute atomic E-state index is 12.8. The van der Waals surface area contributed by atoms with Crippen LogP contribution in [0.1, 0.15) is 46.6 Å². The van der Waals surface area contributed by atoms with Gasteiger partial charge in [0.2, 0.25) is 5.91 Å². The van der Waals surface area contributed by atoms with Crippen LogP contribution in [0.2, 0.25) is 0 Å². The van der Waals surface area contributed by atoms with E-state index in [9.17, 15) is 4.79 Å². The Morgan fingerprint density at radius 2 is 1.58 bits per heavy atom. The normalized spacial score (nSPS) is 11.2. The SMILES string of the molecule is CCCOc1cccc(-c2ccc(CC(=O)Nc3ccc(OC)c(OCCN(C(C)C)C(C)C)c3)cc2)c1. The van der Waals surface area contributed by atoms with Gasteiger partial charge in [-0.3, -0.25) is 9.69 Å². The number of ether oxygens (including phenoxy) is 3. The van der Waals surface area contributed by atoms with E-state index in [0.29, 0.717) is 42.5 Å². The van der Waals surface area contributed by atoms with Crippen LogP contribution in [0.25, 0.3) is 11.1 Å². The molecule has 3 aromatic rings. The van der Waals surface area contributed by atoms with Crippen LogP contribution < -0.4 is 19.5 Å². The molecule has 1 N–H and O–H groups in total. The van der Waals surface area contributed by atoms with Crippen LogP contribution in [0.15, 0.2) is 66.7 Å². The second kappa shape index (κ2) is 14.4. The molecule has 0 aliphatic carbocycles. The van der Waals surface area contributed by atoms with Gasteiger partial charge in [0.15, 0.2) is 11.5 Å². The van der Waals surface area contributed by atoms with Crippen LogP contribution in [0.4, 0.5) is 5.69 Å². The molecule has 0 heterocycles. The Kier molecular flexibility index (Phi) is 11.0. The number of nitrogens with one attached hydrogen (secondary N) is 1. The van der Waals surface area contributed by atoms with E-state index in [2.05, 4.69) is 50.9 Å². The Morgan fingerprint density at radius 3 is 2.24 bits per heavy atom. The first kappa shape index (κ1) is 29.1. The molecule has 3 rings (SSSR count). The van der Waals surface area contributed by atoms with Gasteiger partial charge in [0, 0.05) is 30.4 Å². The molecule has 6 nitrogen and oxygen atoms in total. The van der Waals surface area contributed by atoms with Crippen molar-refractivity contribution in [1.82, 2.24) is 4.90 Å². The van der Waals surface area contributed by atoms with Crippen molar-refractivity contribution >= 4 is 11.6 Å². The summed E-state index contributed by atoms with van der Waals surface area (Å²) in [6.45, 7) is 12.9. The summed E-state index contributed by atoms with van der Waals surface area (Å²) in [6, 6.07) is 22.5. The van der Waals surface area contributed by atoms with Crippen LogP contribution in [0.3, 0.4) is 0 Å². The lowest BCUT2D eigenvalue weighted by Gasteiger charge is -2.30. The predicted octanol–water partition coefficient (Wildman–Crippen LogP) is 6.83. The van der Waals surface area contributed by atoms with Gasteiger partial charge < -0.3 is 19.5 Å². The molecule has 6 heteroatoms. The summed E-state index contributed by atoms with van der Waals surface area (Å²) in [5.74, 6) is 2.04. The molecular formula is C32H42N2O4. The Morgan fingerprint density at radius 1 is 0.842 bits per heavy atom. The number of hydrogen-bond donors (Lipinski definition) is 1. The molecule has 0 saturated carbocycles. The molecule has 38 heavy (non-hydrogen) atoms. The fraction of sp³-hybridized carbons (Fsp3) is 0.406. The average Bonchev–Trinajstić information content (AvgIpc) is 2.90. The Hall–Kier alpha value is -3.51. The minimum atomic E-state index is -0.0883. The molecule has 0 aromatic heterocycles. The van der Waals surface area contributed by atoms with Gasteiger partial charge in [-0.15, -0.1) is 0 Å². The number of hydrogen-bond acceptors (Lipinski definition) is 5. The van der Waals surface area contributed by atoms with Gasteiger partial charge in [-0.2, -0.15) is 0 Å². The highest BCUT2D eigenvalue weighted by Crippen LogP contribution is 2.30. The minimum Gasteiger partial charge on any atom is -0.494 e. The molecule has 0 atom stereocenters. The number of amides is 1. The van der Waals surface area contributed by atoms with Gasteiger partial charge in [-0.1, -0.05) is 43.3 Å². The van der Waals surface area contributed by atoms with Crippen molar-refractivity contribution < 1.29 is 19.0 Å². The van der Waals surface area contributed by atoms with Gasteiger partial charge in [0.25, 0.3) is 0 Å². The zero-order valence-corrected chi connectivity index (χ0v) is 23.6. The maximum atomic E-state index is 12.8. The van der Waals surface area contributed by atoms with Gasteiger partial charge in [-0.25, -0.2) is 0 Å². The van der Waals surface area contributed by atoms with Gasteiger partial charge in [0.05, 0.1) is 20.1 Å². The third-order valence-electron chi connectivity index (χ3n) is 6.34. The van der Waals surface area contributed by atoms with E-state index in [4.69, 9.17) is 14.2 Å². The molecule has 0 radical (unpaired) electrons. The summed E-state index contributed by atoms with van der Waals surface area (Å²) in [4.78, 5) is 15.2. The van der Waals surface area contributed by atoms with Crippen molar-refractivity contribution in [1.29, 1.82) is 0 Å². The van der Waals surface area contributed by atoms with Crippen LogP contribution in [-0.2, 0) is 11.2 Å². The maximum Gasteiger partial charge on any atom is 0.228 e. The molecule has 204 valence electrons. The number of rotatable bonds is 14. The molecular weight excluding hydrogens is 476 g/mol. The smallest absolute Gasteiger partial charge is 0.228 e. The van der Waals surface area contributed by atoms with Crippen molar-refractivity contribution in [2.75, 3.05) is 32.2 Å². The van der Waals surface area contributed by atoms with Crippen molar-refractivity contribution in [3.05, 3.63) is 72.3 Å². The molecule has 1 amide bonds. The fourth-order valence-corrected chi connectivity index (χ4v) is 4.43. The van der Waals surface area contributed by atoms with E-state index >= 15 is 0 Å². The highest BCUT2D eigenvalue weighted by atomic mass is 16.5. The average molecular weight is 519 g/mol. The number of benzene rings is 3. The molecule has 0 saturated heterocycles. The first-order chi connectivity index (χ1) is 18.3. The summed E-state index contributed by atoms with van der Waals surface area (Å²) < 4.78 is 17.3. The fourth-order valence-electron chi connectivity index (χ4n) is 4.43. The minimum absolute atomic E-state index is 0.0883. The van der Waals surface area contributed by atoms with Crippen molar-refractivity contribution in [3.63, 3.8) is 0 Å². The highest BCUT2D eigenvalue weighted by Gasteiger charge is 2.14. The molecule has 0 unspecified atom stereocenters. The van der Waals surface area contributed by atoms with E-state index in [1.807, 2.05) is 60.7 Å². The molecule has 0 aliphatic heterocycles. The first-order valence-electron chi connectivity index (χ1n) is 13.5. The van der Waals surface area contributed by atoms with Crippen LogP contribution in [0.5, 0.6) is 17.2 Å². The monoisotopic (exact) mass is 518 g/mol. The lowest BCUT2D eigenvalue weighted by atomic mass is 10.0. The largest absolute Gasteiger partial charge is 0.494 e. The van der Waals surface area contributed by atoms with Crippen LogP contribution >= 0.6 is 0 Å². The topological polar surface area (TPSA) is 60.0 Å². The van der Waals surface area contributed by atoms with Gasteiger partial charge >= 0.3 is 0 Å². The number of nitrogens with zero attached hydrogens (tertiary/aromatic N) is 1. The molecule has 0 aliphatic rings. The first-order valence-corrected chi connectivity index (χ1v) is 13.5. The van der Waals surface area contributed by atoms with E-state index in [1.165, 1.54) is 0 Å². The third kappa shape index (κ3) is 8.52. The zero-order valence-electron chi connectivity index (χ0n) is 23.6. The zero-order chi connectivity index (χ0) is 27.5. The number of methoxy groups -OCH3 is 1. The predicted molar refractivity (Wildman–Crippen MR) is 155 cm³/mol. The summed E-state index contributed by atoms with van der Waals surface area (Å²) in [7, 11) is 1.62. The summed E-state index contributed by atoms with van der Waals surface area (Å²) >= 11 is 0. The Labute approximate surface area is 227 Å². The lowest BCUT2D eigenvalue weighted by molar-refractivity contribution is -0.115. The molecule has 0 fully saturated rings. The van der Waals surface area contributed by atoms with Crippen molar-refractivity contribution in [3.8, 4) is 28.4 Å². The van der Waals surface area contributed by atoms with Crippen molar-refractivity contribution in [2.45, 2.75) is 59.5 Å². The standard InChI is InChI=1S/C32H42N2O4/c1-7-18-37-29-10-8-9-27(21-29)26-13-11-25(12-14-26)20-32(35)33-28-15-16-30(36-6)31(22-28)38-19-17-34(23(2)3)24(4)5/h8-16,21-24H,7,17-20H2,1-6H3,(H,33,35). The van der Waals surface area contributed by atoms with Gasteiger partial charge in [0.1, 0.15) is 12.4 Å². The number of carbonyl (C=O) groups excluding carboxylic acids is 1. The third-order valence-corrected chi connectivity index (χ3v) is 6.34. The second-order valence-corrected chi connectivity index (χ2v) is 9.94. The molecule has 0 bridgehead atoms. The molecule has 0 spiro atoms. The van der Waals surface area contributed by atoms with Crippen molar-refractivity contribution in [2.24, 2.45) is 0 Å². The Bertz CT molecular complexity index is 1150. The lowest BCUT2D eigenvalue weighted by Crippen LogP contribution is -2.39. The van der Waals surface area contributed by atoms with Gasteiger partial charge in [-0.05, 0) is 75.1 Å². The number of anilines is 1. The summed E-state index contributed by atoms with van der Waals surface area (Å²) in [5.41, 5.74) is 3.79. The van der Waals surface area contributed by atoms with Crippen LogP contribution in [-0.4, -0.2) is 49.8 Å². The van der Waals surface area contributed by atoms with E-state index in [0.717, 1.165) is 35.4 Å². The highest BCUT2D eigenvalue weighted by molar-refractivity contribution is 5.92. The summed E-state index contributed by atoms with van der Waals surface area (Å²) in [6.07, 6.45) is 1.25. The van der Waals surface area contributed by atoms with E-state index < -0.39 is 0 Å². The van der Waals surface area contributed by atoms with Crippen LogP contribution in [0, 0.1) is 0 Å².